The van der Waals surface area contributed by atoms with Crippen LogP contribution < -0.4 is 4.72 Å². The van der Waals surface area contributed by atoms with Crippen LogP contribution >= 0.6 is 0 Å². The molecule has 0 heterocycles. The molecule has 19 heavy (non-hydrogen) atoms. The number of rotatable bonds is 8. The highest BCUT2D eigenvalue weighted by molar-refractivity contribution is 7.89. The Morgan fingerprint density at radius 2 is 1.89 bits per heavy atom. The quantitative estimate of drug-likeness (QED) is 0.716. The van der Waals surface area contributed by atoms with Crippen molar-refractivity contribution in [3.8, 4) is 0 Å². The Hall–Kier alpha value is -0.620. The van der Waals surface area contributed by atoms with Gasteiger partial charge >= 0.3 is 5.97 Å². The molecule has 0 aromatic heterocycles. The Morgan fingerprint density at radius 1 is 1.32 bits per heavy atom. The van der Waals surface area contributed by atoms with Gasteiger partial charge in [-0.1, -0.05) is 39.5 Å². The minimum atomic E-state index is -3.49. The van der Waals surface area contributed by atoms with E-state index in [0.29, 0.717) is 18.8 Å². The third kappa shape index (κ3) is 6.38. The summed E-state index contributed by atoms with van der Waals surface area (Å²) in [4.78, 5) is 11.0. The normalized spacial score (nSPS) is 18.9. The van der Waals surface area contributed by atoms with Gasteiger partial charge in [-0.3, -0.25) is 4.79 Å². The Bertz CT molecular complexity index is 385. The summed E-state index contributed by atoms with van der Waals surface area (Å²) in [5.41, 5.74) is 0. The Morgan fingerprint density at radius 3 is 2.37 bits per heavy atom. The molecular formula is C13H25NO4S. The second-order valence-corrected chi connectivity index (χ2v) is 7.77. The van der Waals surface area contributed by atoms with Crippen molar-refractivity contribution in [1.29, 1.82) is 0 Å². The molecule has 1 rings (SSSR count). The van der Waals surface area contributed by atoms with Crippen LogP contribution in [0.5, 0.6) is 0 Å². The van der Waals surface area contributed by atoms with E-state index in [1.807, 2.05) is 13.8 Å². The van der Waals surface area contributed by atoms with Crippen molar-refractivity contribution in [2.24, 2.45) is 11.8 Å². The summed E-state index contributed by atoms with van der Waals surface area (Å²) in [6, 6.07) is -1.01. The van der Waals surface area contributed by atoms with E-state index in [1.54, 1.807) is 0 Å². The zero-order chi connectivity index (χ0) is 14.5. The highest BCUT2D eigenvalue weighted by Crippen LogP contribution is 2.27. The first-order valence-corrected chi connectivity index (χ1v) is 8.68. The second kappa shape index (κ2) is 7.24. The van der Waals surface area contributed by atoms with Crippen molar-refractivity contribution < 1.29 is 18.3 Å². The largest absolute Gasteiger partial charge is 0.480 e. The molecule has 0 saturated heterocycles. The van der Waals surface area contributed by atoms with Crippen molar-refractivity contribution in [1.82, 2.24) is 4.72 Å². The number of sulfonamides is 1. The van der Waals surface area contributed by atoms with Gasteiger partial charge in [-0.2, -0.15) is 0 Å². The van der Waals surface area contributed by atoms with Gasteiger partial charge in [-0.05, 0) is 24.7 Å². The van der Waals surface area contributed by atoms with E-state index < -0.39 is 22.0 Å². The number of carboxylic acid groups (broad SMARTS) is 1. The lowest BCUT2D eigenvalue weighted by Crippen LogP contribution is -2.42. The summed E-state index contributed by atoms with van der Waals surface area (Å²) < 4.78 is 26.1. The van der Waals surface area contributed by atoms with E-state index in [-0.39, 0.29) is 11.7 Å². The van der Waals surface area contributed by atoms with Crippen LogP contribution in [0.4, 0.5) is 0 Å². The molecule has 0 radical (unpaired) electrons. The first-order chi connectivity index (χ1) is 8.80. The Labute approximate surface area is 115 Å². The molecule has 5 nitrogen and oxygen atoms in total. The maximum absolute atomic E-state index is 11.9. The molecule has 1 aliphatic carbocycles. The van der Waals surface area contributed by atoms with Crippen LogP contribution in [-0.4, -0.2) is 31.3 Å². The average molecular weight is 291 g/mol. The number of aliphatic carboxylic acids is 1. The molecule has 0 bridgehead atoms. The summed E-state index contributed by atoms with van der Waals surface area (Å²) in [6.45, 7) is 3.76. The fraction of sp³-hybridized carbons (Fsp3) is 0.923. The van der Waals surface area contributed by atoms with Crippen molar-refractivity contribution in [2.45, 2.75) is 58.4 Å². The van der Waals surface area contributed by atoms with Crippen LogP contribution in [0.25, 0.3) is 0 Å². The summed E-state index contributed by atoms with van der Waals surface area (Å²) in [7, 11) is -3.49. The number of hydrogen-bond donors (Lipinski definition) is 2. The summed E-state index contributed by atoms with van der Waals surface area (Å²) in [5, 5.41) is 9.04. The van der Waals surface area contributed by atoms with Gasteiger partial charge in [0, 0.05) is 0 Å². The number of hydrogen-bond acceptors (Lipinski definition) is 3. The molecule has 0 aromatic carbocycles. The second-order valence-electron chi connectivity index (χ2n) is 5.90. The molecule has 1 atom stereocenters. The van der Waals surface area contributed by atoms with Crippen LogP contribution in [0.15, 0.2) is 0 Å². The van der Waals surface area contributed by atoms with Crippen molar-refractivity contribution in [2.75, 3.05) is 5.75 Å². The van der Waals surface area contributed by atoms with E-state index in [1.165, 1.54) is 12.8 Å². The van der Waals surface area contributed by atoms with Gasteiger partial charge in [-0.25, -0.2) is 13.1 Å². The van der Waals surface area contributed by atoms with Crippen LogP contribution in [0, 0.1) is 11.8 Å². The molecule has 0 aromatic rings. The standard InChI is InChI=1S/C13H25NO4S/c1-10(2)9-12(13(15)16)14-19(17,18)8-7-11-5-3-4-6-11/h10-12,14H,3-9H2,1-2H3,(H,15,16)/t12-/m0/s1. The third-order valence-corrected chi connectivity index (χ3v) is 5.01. The van der Waals surface area contributed by atoms with Crippen LogP contribution in [-0.2, 0) is 14.8 Å². The monoisotopic (exact) mass is 291 g/mol. The van der Waals surface area contributed by atoms with Crippen molar-refractivity contribution in [3.05, 3.63) is 0 Å². The first kappa shape index (κ1) is 16.4. The first-order valence-electron chi connectivity index (χ1n) is 7.03. The fourth-order valence-electron chi connectivity index (χ4n) is 2.57. The molecule has 0 aliphatic heterocycles. The lowest BCUT2D eigenvalue weighted by atomic mass is 10.1. The van der Waals surface area contributed by atoms with Crippen LogP contribution in [0.3, 0.4) is 0 Å². The summed E-state index contributed by atoms with van der Waals surface area (Å²) >= 11 is 0. The molecule has 0 amide bonds. The Kier molecular flexibility index (Phi) is 6.26. The summed E-state index contributed by atoms with van der Waals surface area (Å²) in [6.07, 6.45) is 5.53. The van der Waals surface area contributed by atoms with Gasteiger partial charge in [0.15, 0.2) is 0 Å². The molecule has 1 saturated carbocycles. The van der Waals surface area contributed by atoms with Crippen molar-refractivity contribution in [3.63, 3.8) is 0 Å². The lowest BCUT2D eigenvalue weighted by Gasteiger charge is -2.17. The van der Waals surface area contributed by atoms with Gasteiger partial charge in [0.05, 0.1) is 5.75 Å². The van der Waals surface area contributed by atoms with E-state index in [2.05, 4.69) is 4.72 Å². The minimum Gasteiger partial charge on any atom is -0.480 e. The van der Waals surface area contributed by atoms with Crippen LogP contribution in [0.2, 0.25) is 0 Å². The van der Waals surface area contributed by atoms with Gasteiger partial charge in [-0.15, -0.1) is 0 Å². The zero-order valence-corrected chi connectivity index (χ0v) is 12.6. The molecule has 2 N–H and O–H groups in total. The van der Waals surface area contributed by atoms with Gasteiger partial charge in [0.2, 0.25) is 10.0 Å². The highest BCUT2D eigenvalue weighted by Gasteiger charge is 2.26. The number of nitrogens with one attached hydrogen (secondary N) is 1. The zero-order valence-electron chi connectivity index (χ0n) is 11.8. The predicted molar refractivity (Wildman–Crippen MR) is 74.4 cm³/mol. The van der Waals surface area contributed by atoms with Gasteiger partial charge in [0.25, 0.3) is 0 Å². The summed E-state index contributed by atoms with van der Waals surface area (Å²) in [5.74, 6) is -0.429. The van der Waals surface area contributed by atoms with E-state index in [0.717, 1.165) is 12.8 Å². The molecular weight excluding hydrogens is 266 g/mol. The molecule has 1 fully saturated rings. The molecule has 6 heteroatoms. The Balaban J connectivity index is 2.48. The molecule has 1 aliphatic rings. The van der Waals surface area contributed by atoms with E-state index in [4.69, 9.17) is 5.11 Å². The predicted octanol–water partition coefficient (Wildman–Crippen LogP) is 1.99. The maximum atomic E-state index is 11.9. The van der Waals surface area contributed by atoms with E-state index >= 15 is 0 Å². The third-order valence-electron chi connectivity index (χ3n) is 3.60. The van der Waals surface area contributed by atoms with E-state index in [9.17, 15) is 13.2 Å². The average Bonchev–Trinajstić information content (AvgIpc) is 2.77. The topological polar surface area (TPSA) is 83.5 Å². The number of carbonyl (C=O) groups is 1. The molecule has 0 spiro atoms. The minimum absolute atomic E-state index is 0.0412. The molecule has 112 valence electrons. The fourth-order valence-corrected chi connectivity index (χ4v) is 3.96. The van der Waals surface area contributed by atoms with Crippen LogP contribution in [0.1, 0.15) is 52.4 Å². The maximum Gasteiger partial charge on any atom is 0.321 e. The molecule has 0 unspecified atom stereocenters. The van der Waals surface area contributed by atoms with Gasteiger partial charge in [0.1, 0.15) is 6.04 Å². The van der Waals surface area contributed by atoms with Gasteiger partial charge < -0.3 is 5.11 Å². The lowest BCUT2D eigenvalue weighted by molar-refractivity contribution is -0.139. The highest BCUT2D eigenvalue weighted by atomic mass is 32.2. The SMILES string of the molecule is CC(C)C[C@H](NS(=O)(=O)CCC1CCCC1)C(=O)O. The smallest absolute Gasteiger partial charge is 0.321 e. The van der Waals surface area contributed by atoms with Crippen molar-refractivity contribution >= 4 is 16.0 Å². The number of carboxylic acids is 1.